The van der Waals surface area contributed by atoms with E-state index in [4.69, 9.17) is 10.00 Å². The van der Waals surface area contributed by atoms with Crippen molar-refractivity contribution in [3.05, 3.63) is 70.1 Å². The molecule has 2 rings (SSSR count). The molecule has 0 saturated carbocycles. The van der Waals surface area contributed by atoms with Gasteiger partial charge >= 0.3 is 0 Å². The van der Waals surface area contributed by atoms with Crippen molar-refractivity contribution < 1.29 is 4.74 Å². The van der Waals surface area contributed by atoms with Crippen LogP contribution in [-0.2, 0) is 6.61 Å². The van der Waals surface area contributed by atoms with E-state index in [0.29, 0.717) is 18.1 Å². The largest absolute Gasteiger partial charge is 0.489 e. The summed E-state index contributed by atoms with van der Waals surface area (Å²) in [6.07, 6.45) is 0. The zero-order valence-corrected chi connectivity index (χ0v) is 12.7. The predicted octanol–water partition coefficient (Wildman–Crippen LogP) is 4.72. The number of hydrogen-bond donors (Lipinski definition) is 0. The summed E-state index contributed by atoms with van der Waals surface area (Å²) in [6, 6.07) is 16.0. The van der Waals surface area contributed by atoms with Crippen molar-refractivity contribution in [2.24, 2.45) is 5.18 Å². The SMILES string of the molecule is CC(C)c1cccc(OCc2ccccc2C(C#N)N=O)c1. The molecule has 0 spiro atoms. The molecule has 2 aromatic carbocycles. The monoisotopic (exact) mass is 294 g/mol. The average Bonchev–Trinajstić information content (AvgIpc) is 2.55. The molecule has 4 heteroatoms. The van der Waals surface area contributed by atoms with Gasteiger partial charge in [-0.25, -0.2) is 0 Å². The third-order valence-electron chi connectivity index (χ3n) is 3.50. The first-order valence-corrected chi connectivity index (χ1v) is 7.18. The fourth-order valence-electron chi connectivity index (χ4n) is 2.21. The van der Waals surface area contributed by atoms with Crippen molar-refractivity contribution in [1.29, 1.82) is 5.26 Å². The predicted molar refractivity (Wildman–Crippen MR) is 85.5 cm³/mol. The molecule has 0 N–H and O–H groups in total. The molecule has 0 aliphatic rings. The van der Waals surface area contributed by atoms with E-state index in [0.717, 1.165) is 11.3 Å². The van der Waals surface area contributed by atoms with Gasteiger partial charge in [0.15, 0.2) is 0 Å². The lowest BCUT2D eigenvalue weighted by Crippen LogP contribution is -2.03. The number of nitrogens with zero attached hydrogens (tertiary/aromatic N) is 2. The third-order valence-corrected chi connectivity index (χ3v) is 3.50. The maximum atomic E-state index is 10.8. The normalized spacial score (nSPS) is 11.7. The minimum Gasteiger partial charge on any atom is -0.489 e. The molecular formula is C18H18N2O2. The third kappa shape index (κ3) is 3.70. The topological polar surface area (TPSA) is 62.4 Å². The van der Waals surface area contributed by atoms with Crippen LogP contribution in [0, 0.1) is 16.2 Å². The Bertz CT molecular complexity index is 689. The number of nitriles is 1. The molecular weight excluding hydrogens is 276 g/mol. The van der Waals surface area contributed by atoms with Gasteiger partial charge in [-0.05, 0) is 34.4 Å². The Morgan fingerprint density at radius 3 is 2.64 bits per heavy atom. The summed E-state index contributed by atoms with van der Waals surface area (Å²) in [6.45, 7) is 4.55. The maximum absolute atomic E-state index is 10.8. The van der Waals surface area contributed by atoms with E-state index in [1.54, 1.807) is 12.1 Å². The molecule has 0 aliphatic heterocycles. The highest BCUT2D eigenvalue weighted by Crippen LogP contribution is 2.24. The number of hydrogen-bond acceptors (Lipinski definition) is 4. The van der Waals surface area contributed by atoms with Gasteiger partial charge in [-0.15, -0.1) is 4.91 Å². The molecule has 0 heterocycles. The Kier molecular flexibility index (Phi) is 5.26. The van der Waals surface area contributed by atoms with E-state index in [1.807, 2.05) is 36.4 Å². The van der Waals surface area contributed by atoms with Gasteiger partial charge in [0.05, 0.1) is 6.07 Å². The summed E-state index contributed by atoms with van der Waals surface area (Å²) in [5, 5.41) is 11.9. The molecule has 22 heavy (non-hydrogen) atoms. The smallest absolute Gasteiger partial charge is 0.203 e. The van der Waals surface area contributed by atoms with Crippen LogP contribution in [0.5, 0.6) is 5.75 Å². The quantitative estimate of drug-likeness (QED) is 0.724. The summed E-state index contributed by atoms with van der Waals surface area (Å²) in [5.74, 6) is 1.20. The first kappa shape index (κ1) is 15.7. The highest BCUT2D eigenvalue weighted by atomic mass is 16.5. The van der Waals surface area contributed by atoms with Gasteiger partial charge in [-0.1, -0.05) is 50.2 Å². The second-order valence-corrected chi connectivity index (χ2v) is 5.35. The molecule has 0 bridgehead atoms. The second-order valence-electron chi connectivity index (χ2n) is 5.35. The molecule has 2 aromatic rings. The maximum Gasteiger partial charge on any atom is 0.203 e. The lowest BCUT2D eigenvalue weighted by molar-refractivity contribution is 0.304. The Balaban J connectivity index is 2.17. The molecule has 4 nitrogen and oxygen atoms in total. The van der Waals surface area contributed by atoms with Gasteiger partial charge < -0.3 is 4.74 Å². The molecule has 0 aromatic heterocycles. The Labute approximate surface area is 130 Å². The van der Waals surface area contributed by atoms with E-state index >= 15 is 0 Å². The number of ether oxygens (including phenoxy) is 1. The first-order valence-electron chi connectivity index (χ1n) is 7.18. The van der Waals surface area contributed by atoms with Crippen molar-refractivity contribution in [2.45, 2.75) is 32.4 Å². The standard InChI is InChI=1S/C18H18N2O2/c1-13(2)14-7-5-8-16(10-14)22-12-15-6-3-4-9-17(15)18(11-19)20-21/h3-10,13,18H,12H2,1-2H3. The molecule has 0 amide bonds. The van der Waals surface area contributed by atoms with E-state index in [2.05, 4.69) is 25.1 Å². The molecule has 112 valence electrons. The van der Waals surface area contributed by atoms with Crippen LogP contribution < -0.4 is 4.74 Å². The fraction of sp³-hybridized carbons (Fsp3) is 0.278. The van der Waals surface area contributed by atoms with Crippen molar-refractivity contribution in [1.82, 2.24) is 0 Å². The number of rotatable bonds is 6. The minimum atomic E-state index is -0.998. The van der Waals surface area contributed by atoms with Gasteiger partial charge in [0.25, 0.3) is 0 Å². The van der Waals surface area contributed by atoms with Crippen molar-refractivity contribution >= 4 is 0 Å². The van der Waals surface area contributed by atoms with Crippen LogP contribution in [0.4, 0.5) is 0 Å². The first-order chi connectivity index (χ1) is 10.7. The van der Waals surface area contributed by atoms with Crippen molar-refractivity contribution in [3.8, 4) is 11.8 Å². The molecule has 0 saturated heterocycles. The molecule has 1 atom stereocenters. The van der Waals surface area contributed by atoms with Crippen molar-refractivity contribution in [2.75, 3.05) is 0 Å². The Morgan fingerprint density at radius 2 is 1.95 bits per heavy atom. The van der Waals surface area contributed by atoms with Crippen LogP contribution in [-0.4, -0.2) is 0 Å². The summed E-state index contributed by atoms with van der Waals surface area (Å²) in [4.78, 5) is 10.8. The fourth-order valence-corrected chi connectivity index (χ4v) is 2.21. The van der Waals surface area contributed by atoms with Gasteiger partial charge in [0, 0.05) is 5.56 Å². The summed E-state index contributed by atoms with van der Waals surface area (Å²) in [5.41, 5.74) is 2.60. The Morgan fingerprint density at radius 1 is 1.18 bits per heavy atom. The average molecular weight is 294 g/mol. The molecule has 0 radical (unpaired) electrons. The highest BCUT2D eigenvalue weighted by molar-refractivity contribution is 5.34. The lowest BCUT2D eigenvalue weighted by Gasteiger charge is -2.13. The lowest BCUT2D eigenvalue weighted by atomic mass is 10.0. The second kappa shape index (κ2) is 7.37. The zero-order chi connectivity index (χ0) is 15.9. The molecule has 0 aliphatic carbocycles. The van der Waals surface area contributed by atoms with E-state index in [-0.39, 0.29) is 0 Å². The van der Waals surface area contributed by atoms with Crippen LogP contribution in [0.1, 0.15) is 42.5 Å². The summed E-state index contributed by atoms with van der Waals surface area (Å²) in [7, 11) is 0. The highest BCUT2D eigenvalue weighted by Gasteiger charge is 2.15. The van der Waals surface area contributed by atoms with Crippen molar-refractivity contribution in [3.63, 3.8) is 0 Å². The van der Waals surface area contributed by atoms with Crippen LogP contribution in [0.25, 0.3) is 0 Å². The van der Waals surface area contributed by atoms with Gasteiger partial charge in [-0.2, -0.15) is 5.26 Å². The molecule has 1 unspecified atom stereocenters. The van der Waals surface area contributed by atoms with Crippen LogP contribution in [0.2, 0.25) is 0 Å². The summed E-state index contributed by atoms with van der Waals surface area (Å²) < 4.78 is 5.81. The van der Waals surface area contributed by atoms with Gasteiger partial charge in [0.2, 0.25) is 6.04 Å². The van der Waals surface area contributed by atoms with Crippen LogP contribution in [0.3, 0.4) is 0 Å². The van der Waals surface area contributed by atoms with E-state index in [1.165, 1.54) is 5.56 Å². The summed E-state index contributed by atoms with van der Waals surface area (Å²) >= 11 is 0. The Hall–Kier alpha value is -2.67. The zero-order valence-electron chi connectivity index (χ0n) is 12.7. The van der Waals surface area contributed by atoms with Crippen LogP contribution in [0.15, 0.2) is 53.7 Å². The number of nitroso groups, excluding NO2 is 1. The van der Waals surface area contributed by atoms with Gasteiger partial charge in [-0.3, -0.25) is 0 Å². The minimum absolute atomic E-state index is 0.297. The van der Waals surface area contributed by atoms with E-state index < -0.39 is 6.04 Å². The van der Waals surface area contributed by atoms with Gasteiger partial charge in [0.1, 0.15) is 12.4 Å². The van der Waals surface area contributed by atoms with Crippen LogP contribution >= 0.6 is 0 Å². The van der Waals surface area contributed by atoms with E-state index in [9.17, 15) is 4.91 Å². The molecule has 0 fully saturated rings. The number of benzene rings is 2.